The normalized spacial score (nSPS) is 12.9. The summed E-state index contributed by atoms with van der Waals surface area (Å²) in [4.78, 5) is 13.5. The van der Waals surface area contributed by atoms with E-state index < -0.39 is 5.60 Å². The minimum atomic E-state index is -0.452. The van der Waals surface area contributed by atoms with Crippen molar-refractivity contribution >= 4 is 22.0 Å². The molecule has 0 N–H and O–H groups in total. The van der Waals surface area contributed by atoms with Gasteiger partial charge in [-0.1, -0.05) is 35.0 Å². The number of hydrogen-bond donors (Lipinski definition) is 0. The zero-order chi connectivity index (χ0) is 14.6. The number of hydrogen-bond acceptors (Lipinski definition) is 2. The topological polar surface area (TPSA) is 29.5 Å². The predicted octanol–water partition coefficient (Wildman–Crippen LogP) is 4.42. The first-order valence-corrected chi connectivity index (χ1v) is 7.18. The van der Waals surface area contributed by atoms with E-state index in [1.54, 1.807) is 11.9 Å². The molecule has 0 fully saturated rings. The van der Waals surface area contributed by atoms with Crippen molar-refractivity contribution in [3.05, 3.63) is 34.3 Å². The van der Waals surface area contributed by atoms with Crippen LogP contribution in [0.2, 0.25) is 0 Å². The quantitative estimate of drug-likeness (QED) is 0.822. The fourth-order valence-electron chi connectivity index (χ4n) is 1.72. The molecule has 1 unspecified atom stereocenters. The third-order valence-corrected chi connectivity index (χ3v) is 3.22. The van der Waals surface area contributed by atoms with Gasteiger partial charge in [-0.25, -0.2) is 4.79 Å². The fourth-order valence-corrected chi connectivity index (χ4v) is 1.99. The molecule has 0 bridgehead atoms. The van der Waals surface area contributed by atoms with E-state index in [-0.39, 0.29) is 12.0 Å². The van der Waals surface area contributed by atoms with E-state index in [2.05, 4.69) is 35.0 Å². The summed E-state index contributed by atoms with van der Waals surface area (Å²) in [5.74, 6) is 0.269. The average Bonchev–Trinajstić information content (AvgIpc) is 2.27. The fraction of sp³-hybridized carbons (Fsp3) is 0.533. The predicted molar refractivity (Wildman–Crippen MR) is 81.4 cm³/mol. The van der Waals surface area contributed by atoms with Gasteiger partial charge in [0.05, 0.1) is 0 Å². The van der Waals surface area contributed by atoms with Gasteiger partial charge in [0.2, 0.25) is 0 Å². The lowest BCUT2D eigenvalue weighted by Gasteiger charge is -2.26. The Morgan fingerprint density at radius 2 is 1.84 bits per heavy atom. The lowest BCUT2D eigenvalue weighted by atomic mass is 10.0. The van der Waals surface area contributed by atoms with E-state index in [0.29, 0.717) is 6.54 Å². The van der Waals surface area contributed by atoms with Crippen LogP contribution >= 0.6 is 15.9 Å². The van der Waals surface area contributed by atoms with Crippen molar-refractivity contribution in [2.75, 3.05) is 13.6 Å². The molecule has 0 aliphatic carbocycles. The molecule has 0 radical (unpaired) electrons. The summed E-state index contributed by atoms with van der Waals surface area (Å²) in [6, 6.07) is 8.16. The highest BCUT2D eigenvalue weighted by atomic mass is 79.9. The first kappa shape index (κ1) is 16.0. The van der Waals surface area contributed by atoms with Crippen molar-refractivity contribution in [2.24, 2.45) is 0 Å². The number of carbonyl (C=O) groups excluding carboxylic acids is 1. The molecule has 1 aromatic carbocycles. The highest BCUT2D eigenvalue weighted by Gasteiger charge is 2.21. The Labute approximate surface area is 124 Å². The van der Waals surface area contributed by atoms with E-state index in [9.17, 15) is 4.79 Å². The van der Waals surface area contributed by atoms with Crippen molar-refractivity contribution in [3.63, 3.8) is 0 Å². The highest BCUT2D eigenvalue weighted by Crippen LogP contribution is 2.20. The third-order valence-electron chi connectivity index (χ3n) is 2.69. The van der Waals surface area contributed by atoms with Crippen LogP contribution in [0.4, 0.5) is 4.79 Å². The van der Waals surface area contributed by atoms with Crippen molar-refractivity contribution in [2.45, 2.75) is 39.2 Å². The summed E-state index contributed by atoms with van der Waals surface area (Å²) in [5, 5.41) is 0. The van der Waals surface area contributed by atoms with Gasteiger partial charge in [0.25, 0.3) is 0 Å². The highest BCUT2D eigenvalue weighted by molar-refractivity contribution is 9.10. The molecule has 3 nitrogen and oxygen atoms in total. The van der Waals surface area contributed by atoms with Crippen LogP contribution in [0.25, 0.3) is 0 Å². The maximum Gasteiger partial charge on any atom is 0.410 e. The molecule has 0 aliphatic heterocycles. The van der Waals surface area contributed by atoms with Crippen LogP contribution in [0.3, 0.4) is 0 Å². The zero-order valence-corrected chi connectivity index (χ0v) is 13.8. The Hall–Kier alpha value is -1.03. The first-order chi connectivity index (χ1) is 8.69. The van der Waals surface area contributed by atoms with Crippen LogP contribution in [0, 0.1) is 0 Å². The minimum Gasteiger partial charge on any atom is -0.444 e. The summed E-state index contributed by atoms with van der Waals surface area (Å²) < 4.78 is 6.39. The van der Waals surface area contributed by atoms with E-state index in [1.165, 1.54) is 5.56 Å². The third kappa shape index (κ3) is 5.64. The lowest BCUT2D eigenvalue weighted by Crippen LogP contribution is -2.36. The summed E-state index contributed by atoms with van der Waals surface area (Å²) in [5.41, 5.74) is 0.755. The minimum absolute atomic E-state index is 0.269. The second kappa shape index (κ2) is 6.42. The molecule has 0 aliphatic rings. The molecule has 106 valence electrons. The molecule has 4 heteroatoms. The van der Waals surface area contributed by atoms with Gasteiger partial charge in [0, 0.05) is 18.1 Å². The number of carbonyl (C=O) groups is 1. The number of ether oxygens (including phenoxy) is 1. The van der Waals surface area contributed by atoms with Gasteiger partial charge in [0.15, 0.2) is 0 Å². The van der Waals surface area contributed by atoms with Gasteiger partial charge in [-0.3, -0.25) is 0 Å². The van der Waals surface area contributed by atoms with Crippen LogP contribution in [-0.4, -0.2) is 30.2 Å². The van der Waals surface area contributed by atoms with Crippen LogP contribution in [0.15, 0.2) is 28.7 Å². The molecule has 1 rings (SSSR count). The second-order valence-electron chi connectivity index (χ2n) is 5.81. The van der Waals surface area contributed by atoms with Crippen molar-refractivity contribution < 1.29 is 9.53 Å². The van der Waals surface area contributed by atoms with E-state index in [1.807, 2.05) is 32.9 Å². The lowest BCUT2D eigenvalue weighted by molar-refractivity contribution is 0.0291. The molecule has 19 heavy (non-hydrogen) atoms. The molecule has 1 aromatic rings. The molecule has 0 heterocycles. The van der Waals surface area contributed by atoms with E-state index in [0.717, 1.165) is 4.47 Å². The number of amides is 1. The standard InChI is InChI=1S/C15H22BrNO2/c1-11(12-6-8-13(16)9-7-12)10-17(5)14(18)19-15(2,3)4/h6-9,11H,10H2,1-5H3. The van der Waals surface area contributed by atoms with Gasteiger partial charge in [-0.2, -0.15) is 0 Å². The van der Waals surface area contributed by atoms with Crippen molar-refractivity contribution in [1.82, 2.24) is 4.90 Å². The maximum atomic E-state index is 11.9. The number of likely N-dealkylation sites (N-methyl/N-ethyl adjacent to an activating group) is 1. The summed E-state index contributed by atoms with van der Waals surface area (Å²) >= 11 is 3.42. The summed E-state index contributed by atoms with van der Waals surface area (Å²) in [6.07, 6.45) is -0.281. The van der Waals surface area contributed by atoms with Gasteiger partial charge in [0.1, 0.15) is 5.60 Å². The smallest absolute Gasteiger partial charge is 0.410 e. The van der Waals surface area contributed by atoms with Gasteiger partial charge < -0.3 is 9.64 Å². The number of halogens is 1. The Morgan fingerprint density at radius 3 is 2.32 bits per heavy atom. The van der Waals surface area contributed by atoms with E-state index >= 15 is 0 Å². The molecular formula is C15H22BrNO2. The monoisotopic (exact) mass is 327 g/mol. The summed E-state index contributed by atoms with van der Waals surface area (Å²) in [7, 11) is 1.77. The Morgan fingerprint density at radius 1 is 1.32 bits per heavy atom. The number of benzene rings is 1. The van der Waals surface area contributed by atoms with E-state index in [4.69, 9.17) is 4.74 Å². The zero-order valence-electron chi connectivity index (χ0n) is 12.2. The van der Waals surface area contributed by atoms with Crippen LogP contribution in [0.1, 0.15) is 39.2 Å². The SMILES string of the molecule is CC(CN(C)C(=O)OC(C)(C)C)c1ccc(Br)cc1. The Balaban J connectivity index is 2.59. The van der Waals surface area contributed by atoms with Gasteiger partial charge in [-0.15, -0.1) is 0 Å². The first-order valence-electron chi connectivity index (χ1n) is 6.38. The summed E-state index contributed by atoms with van der Waals surface area (Å²) in [6.45, 7) is 8.35. The maximum absolute atomic E-state index is 11.9. The van der Waals surface area contributed by atoms with Crippen LogP contribution in [0.5, 0.6) is 0 Å². The van der Waals surface area contributed by atoms with Crippen molar-refractivity contribution in [3.8, 4) is 0 Å². The average molecular weight is 328 g/mol. The molecule has 0 spiro atoms. The molecule has 0 aromatic heterocycles. The molecule has 1 atom stereocenters. The Kier molecular flexibility index (Phi) is 5.41. The van der Waals surface area contributed by atoms with Crippen molar-refractivity contribution in [1.29, 1.82) is 0 Å². The second-order valence-corrected chi connectivity index (χ2v) is 6.73. The molecule has 0 saturated heterocycles. The van der Waals surface area contributed by atoms with Crippen LogP contribution in [-0.2, 0) is 4.74 Å². The largest absolute Gasteiger partial charge is 0.444 e. The molecule has 0 saturated carbocycles. The number of nitrogens with zero attached hydrogens (tertiary/aromatic N) is 1. The van der Waals surface area contributed by atoms with Gasteiger partial charge >= 0.3 is 6.09 Å². The molecule has 1 amide bonds. The van der Waals surface area contributed by atoms with Crippen LogP contribution < -0.4 is 0 Å². The number of rotatable bonds is 3. The molecular weight excluding hydrogens is 306 g/mol. The van der Waals surface area contributed by atoms with Gasteiger partial charge in [-0.05, 0) is 44.4 Å². The Bertz CT molecular complexity index is 423.